The summed E-state index contributed by atoms with van der Waals surface area (Å²) < 4.78 is 17.4. The second-order valence-corrected chi connectivity index (χ2v) is 6.18. The maximum absolute atomic E-state index is 12.1. The molecule has 0 bridgehead atoms. The summed E-state index contributed by atoms with van der Waals surface area (Å²) in [4.78, 5) is 24.1. The molecule has 0 spiro atoms. The Hall–Kier alpha value is -3.74. The first-order chi connectivity index (χ1) is 14.1. The number of carbonyl (C=O) groups excluding carboxylic acids is 2. The zero-order valence-corrected chi connectivity index (χ0v) is 16.3. The highest BCUT2D eigenvalue weighted by Crippen LogP contribution is 2.27. The monoisotopic (exact) mass is 394 g/mol. The van der Waals surface area contributed by atoms with E-state index in [4.69, 9.17) is 14.2 Å². The number of benzene rings is 2. The number of aromatic nitrogens is 1. The molecule has 7 heteroatoms. The number of esters is 1. The number of amides is 1. The van der Waals surface area contributed by atoms with Gasteiger partial charge in [-0.2, -0.15) is 0 Å². The molecule has 1 N–H and O–H groups in total. The molecule has 1 heterocycles. The van der Waals surface area contributed by atoms with E-state index in [9.17, 15) is 9.59 Å². The molecule has 2 aromatic carbocycles. The molecule has 0 radical (unpaired) electrons. The molecule has 1 amide bonds. The number of ether oxygens (including phenoxy) is 3. The third kappa shape index (κ3) is 5.16. The Bertz CT molecular complexity index is 965. The summed E-state index contributed by atoms with van der Waals surface area (Å²) in [6.45, 7) is -0.0756. The van der Waals surface area contributed by atoms with Gasteiger partial charge in [0.05, 0.1) is 19.8 Å². The van der Waals surface area contributed by atoms with Crippen molar-refractivity contribution >= 4 is 11.9 Å². The van der Waals surface area contributed by atoms with E-state index in [-0.39, 0.29) is 13.2 Å². The first kappa shape index (κ1) is 20.0. The third-order valence-corrected chi connectivity index (χ3v) is 4.28. The van der Waals surface area contributed by atoms with Crippen molar-refractivity contribution < 1.29 is 23.8 Å². The average molecular weight is 394 g/mol. The molecule has 0 saturated heterocycles. The van der Waals surface area contributed by atoms with Crippen LogP contribution in [-0.4, -0.2) is 37.3 Å². The number of rotatable bonds is 8. The predicted molar refractivity (Wildman–Crippen MR) is 107 cm³/mol. The number of hydrogen-bond donors (Lipinski definition) is 1. The van der Waals surface area contributed by atoms with Gasteiger partial charge in [0, 0.05) is 24.6 Å². The second kappa shape index (κ2) is 9.45. The van der Waals surface area contributed by atoms with Gasteiger partial charge in [-0.05, 0) is 54.1 Å². The van der Waals surface area contributed by atoms with Gasteiger partial charge in [-0.25, -0.2) is 4.79 Å². The van der Waals surface area contributed by atoms with Crippen molar-refractivity contribution in [3.05, 3.63) is 78.1 Å². The maximum Gasteiger partial charge on any atom is 0.338 e. The van der Waals surface area contributed by atoms with Gasteiger partial charge < -0.3 is 24.1 Å². The molecule has 0 unspecified atom stereocenters. The van der Waals surface area contributed by atoms with Crippen LogP contribution in [0.1, 0.15) is 15.9 Å². The minimum Gasteiger partial charge on any atom is -0.493 e. The summed E-state index contributed by atoms with van der Waals surface area (Å²) in [5.74, 6) is 0.246. The lowest BCUT2D eigenvalue weighted by molar-refractivity contribution is -0.124. The smallest absolute Gasteiger partial charge is 0.338 e. The van der Waals surface area contributed by atoms with E-state index in [0.29, 0.717) is 17.1 Å². The zero-order valence-electron chi connectivity index (χ0n) is 16.3. The fourth-order valence-corrected chi connectivity index (χ4v) is 2.73. The molecule has 0 aliphatic heterocycles. The molecule has 7 nitrogen and oxygen atoms in total. The number of hydrogen-bond acceptors (Lipinski definition) is 5. The Kier molecular flexibility index (Phi) is 6.52. The Morgan fingerprint density at radius 1 is 0.931 bits per heavy atom. The molecule has 0 atom stereocenters. The molecule has 0 aliphatic carbocycles. The molecule has 3 aromatic rings. The largest absolute Gasteiger partial charge is 0.493 e. The topological polar surface area (TPSA) is 78.8 Å². The highest BCUT2D eigenvalue weighted by Gasteiger charge is 2.11. The van der Waals surface area contributed by atoms with Gasteiger partial charge in [0.1, 0.15) is 0 Å². The van der Waals surface area contributed by atoms with Crippen molar-refractivity contribution in [3.8, 4) is 17.2 Å². The lowest BCUT2D eigenvalue weighted by atomic mass is 10.2. The van der Waals surface area contributed by atoms with Crippen molar-refractivity contribution in [2.24, 2.45) is 0 Å². The minimum absolute atomic E-state index is 0.280. The highest BCUT2D eigenvalue weighted by atomic mass is 16.5. The van der Waals surface area contributed by atoms with Crippen molar-refractivity contribution in [2.75, 3.05) is 20.8 Å². The van der Waals surface area contributed by atoms with Crippen LogP contribution in [0, 0.1) is 0 Å². The fourth-order valence-electron chi connectivity index (χ4n) is 2.73. The Morgan fingerprint density at radius 3 is 2.28 bits per heavy atom. The van der Waals surface area contributed by atoms with E-state index in [1.54, 1.807) is 38.5 Å². The number of methoxy groups -OCH3 is 2. The molecule has 1 aromatic heterocycles. The molecule has 0 saturated carbocycles. The van der Waals surface area contributed by atoms with Crippen molar-refractivity contribution in [1.82, 2.24) is 9.88 Å². The highest BCUT2D eigenvalue weighted by molar-refractivity contribution is 5.91. The summed E-state index contributed by atoms with van der Waals surface area (Å²) in [5.41, 5.74) is 2.15. The van der Waals surface area contributed by atoms with Crippen LogP contribution in [0.2, 0.25) is 0 Å². The van der Waals surface area contributed by atoms with E-state index >= 15 is 0 Å². The quantitative estimate of drug-likeness (QED) is 0.595. The lowest BCUT2D eigenvalue weighted by Gasteiger charge is -2.10. The van der Waals surface area contributed by atoms with Crippen molar-refractivity contribution in [1.29, 1.82) is 0 Å². The fraction of sp³-hybridized carbons (Fsp3) is 0.182. The van der Waals surface area contributed by atoms with E-state index in [1.807, 2.05) is 47.3 Å². The molecule has 29 heavy (non-hydrogen) atoms. The summed E-state index contributed by atoms with van der Waals surface area (Å²) in [6, 6.07) is 16.2. The van der Waals surface area contributed by atoms with E-state index in [0.717, 1.165) is 11.3 Å². The van der Waals surface area contributed by atoms with Gasteiger partial charge >= 0.3 is 5.97 Å². The molecule has 0 fully saturated rings. The standard InChI is InChI=1S/C22H22N2O5/c1-27-19-10-5-16(13-20(19)28-2)14-23-21(25)15-29-22(26)17-6-8-18(9-7-17)24-11-3-4-12-24/h3-13H,14-15H2,1-2H3,(H,23,25). The van der Waals surface area contributed by atoms with Crippen LogP contribution in [0.3, 0.4) is 0 Å². The first-order valence-corrected chi connectivity index (χ1v) is 8.99. The summed E-state index contributed by atoms with van der Waals surface area (Å²) >= 11 is 0. The van der Waals surface area contributed by atoms with E-state index < -0.39 is 11.9 Å². The third-order valence-electron chi connectivity index (χ3n) is 4.28. The van der Waals surface area contributed by atoms with E-state index in [1.165, 1.54) is 0 Å². The lowest BCUT2D eigenvalue weighted by Crippen LogP contribution is -2.28. The van der Waals surface area contributed by atoms with E-state index in [2.05, 4.69) is 5.32 Å². The molecular formula is C22H22N2O5. The maximum atomic E-state index is 12.1. The molecular weight excluding hydrogens is 372 g/mol. The Morgan fingerprint density at radius 2 is 1.62 bits per heavy atom. The average Bonchev–Trinajstić information content (AvgIpc) is 3.30. The van der Waals surface area contributed by atoms with Crippen molar-refractivity contribution in [2.45, 2.75) is 6.54 Å². The second-order valence-electron chi connectivity index (χ2n) is 6.18. The van der Waals surface area contributed by atoms with Crippen LogP contribution in [0.25, 0.3) is 5.69 Å². The summed E-state index contributed by atoms with van der Waals surface area (Å²) in [5, 5.41) is 2.71. The predicted octanol–water partition coefficient (Wildman–Crippen LogP) is 2.97. The SMILES string of the molecule is COc1ccc(CNC(=O)COC(=O)c2ccc(-n3cccc3)cc2)cc1OC. The first-order valence-electron chi connectivity index (χ1n) is 8.99. The normalized spacial score (nSPS) is 10.3. The van der Waals surface area contributed by atoms with Crippen LogP contribution < -0.4 is 14.8 Å². The minimum atomic E-state index is -0.551. The molecule has 0 aliphatic rings. The van der Waals surface area contributed by atoms with Crippen LogP contribution in [-0.2, 0) is 16.1 Å². The number of carbonyl (C=O) groups is 2. The van der Waals surface area contributed by atoms with Crippen molar-refractivity contribution in [3.63, 3.8) is 0 Å². The number of nitrogens with zero attached hydrogens (tertiary/aromatic N) is 1. The summed E-state index contributed by atoms with van der Waals surface area (Å²) in [7, 11) is 3.10. The van der Waals surface area contributed by atoms with Gasteiger partial charge in [0.2, 0.25) is 0 Å². The van der Waals surface area contributed by atoms with Crippen LogP contribution >= 0.6 is 0 Å². The van der Waals surface area contributed by atoms with Gasteiger partial charge in [0.15, 0.2) is 18.1 Å². The number of nitrogens with one attached hydrogen (secondary N) is 1. The Labute approximate surface area is 168 Å². The van der Waals surface area contributed by atoms with Gasteiger partial charge in [-0.15, -0.1) is 0 Å². The van der Waals surface area contributed by atoms with Crippen LogP contribution in [0.4, 0.5) is 0 Å². The molecule has 3 rings (SSSR count). The zero-order chi connectivity index (χ0) is 20.6. The van der Waals surface area contributed by atoms with Crippen LogP contribution in [0.15, 0.2) is 67.0 Å². The summed E-state index contributed by atoms with van der Waals surface area (Å²) in [6.07, 6.45) is 3.83. The van der Waals surface area contributed by atoms with Gasteiger partial charge in [0.25, 0.3) is 5.91 Å². The molecule has 150 valence electrons. The Balaban J connectivity index is 1.48. The van der Waals surface area contributed by atoms with Gasteiger partial charge in [-0.3, -0.25) is 4.79 Å². The van der Waals surface area contributed by atoms with Crippen LogP contribution in [0.5, 0.6) is 11.5 Å². The van der Waals surface area contributed by atoms with Gasteiger partial charge in [-0.1, -0.05) is 6.07 Å².